The van der Waals surface area contributed by atoms with E-state index in [1.54, 1.807) is 6.92 Å². The summed E-state index contributed by atoms with van der Waals surface area (Å²) in [5.41, 5.74) is -1.56. The number of aliphatic hydroxyl groups is 14. The molecule has 0 spiro atoms. The van der Waals surface area contributed by atoms with E-state index in [2.05, 4.69) is 27.4 Å². The van der Waals surface area contributed by atoms with E-state index >= 15 is 4.79 Å². The van der Waals surface area contributed by atoms with Crippen LogP contribution in [0.5, 0.6) is 0 Å². The fourth-order valence-corrected chi connectivity index (χ4v) is 18.6. The molecule has 10 rings (SSSR count). The van der Waals surface area contributed by atoms with Gasteiger partial charge in [-0.1, -0.05) is 46.8 Å². The van der Waals surface area contributed by atoms with Gasteiger partial charge in [-0.05, 0) is 131 Å². The minimum atomic E-state index is -1.83. The first-order chi connectivity index (χ1) is 39.9. The van der Waals surface area contributed by atoms with Crippen LogP contribution in [0, 0.1) is 62.6 Å². The molecule has 14 N–H and O–H groups in total. The average molecular weight is 1220 g/mol. The fourth-order valence-electron chi connectivity index (χ4n) is 18.6. The molecule has 0 aromatic heterocycles. The number of carbonyl (C=O) groups is 1. The predicted octanol–water partition coefficient (Wildman–Crippen LogP) is -1.41. The molecule has 25 heteroatoms. The Bertz CT molecular complexity index is 2340. The summed E-state index contributed by atoms with van der Waals surface area (Å²) in [6.45, 7) is 18.5. The Labute approximate surface area is 496 Å². The minimum absolute atomic E-state index is 0.00983. The van der Waals surface area contributed by atoms with Gasteiger partial charge in [0.05, 0.1) is 56.3 Å². The highest BCUT2D eigenvalue weighted by Gasteiger charge is 2.73. The Hall–Kier alpha value is -1.71. The molecule has 488 valence electrons. The number of hydrogen-bond acceptors (Lipinski definition) is 25. The molecule has 5 aliphatic carbocycles. The Morgan fingerprint density at radius 3 is 1.78 bits per heavy atom. The van der Waals surface area contributed by atoms with E-state index in [0.717, 1.165) is 37.7 Å². The van der Waals surface area contributed by atoms with Crippen molar-refractivity contribution in [3.8, 4) is 0 Å². The van der Waals surface area contributed by atoms with E-state index in [-0.39, 0.29) is 59.0 Å². The van der Waals surface area contributed by atoms with Crippen LogP contribution in [0.3, 0.4) is 0 Å². The average Bonchev–Trinajstić information content (AvgIpc) is 1.62. The van der Waals surface area contributed by atoms with Gasteiger partial charge in [0.15, 0.2) is 25.2 Å². The molecule has 85 heavy (non-hydrogen) atoms. The monoisotopic (exact) mass is 1220 g/mol. The zero-order chi connectivity index (χ0) is 61.9. The van der Waals surface area contributed by atoms with Gasteiger partial charge in [0.25, 0.3) is 0 Å². The maximum Gasteiger partial charge on any atom is 0.314 e. The molecule has 0 unspecified atom stereocenters. The smallest absolute Gasteiger partial charge is 0.314 e. The van der Waals surface area contributed by atoms with Gasteiger partial charge in [-0.15, -0.1) is 0 Å². The van der Waals surface area contributed by atoms with E-state index in [0.29, 0.717) is 32.1 Å². The molecular formula is C60H98O25. The van der Waals surface area contributed by atoms with Crippen molar-refractivity contribution in [3.63, 3.8) is 0 Å². The molecule has 10 fully saturated rings. The molecule has 10 aliphatic rings. The van der Waals surface area contributed by atoms with Crippen molar-refractivity contribution in [1.29, 1.82) is 0 Å². The number of fused-ring (bicyclic) bond motifs is 7. The second-order valence-corrected chi connectivity index (χ2v) is 28.3. The topological polar surface area (TPSA) is 393 Å². The maximum atomic E-state index is 15.3. The van der Waals surface area contributed by atoms with Crippen LogP contribution in [-0.4, -0.2) is 251 Å². The summed E-state index contributed by atoms with van der Waals surface area (Å²) in [6.07, 6.45) is -27.4. The van der Waals surface area contributed by atoms with Gasteiger partial charge < -0.3 is 119 Å². The molecule has 0 bridgehead atoms. The molecule has 0 amide bonds. The van der Waals surface area contributed by atoms with Crippen molar-refractivity contribution in [3.05, 3.63) is 12.2 Å². The van der Waals surface area contributed by atoms with Gasteiger partial charge >= 0.3 is 5.97 Å². The van der Waals surface area contributed by atoms with Crippen LogP contribution >= 0.6 is 0 Å². The SMILES string of the molecule is C=C(C)[C@@H]1CC[C@]2(C(=O)O[C@@H]3O[C@H](CO[C@@H]4O[C@H](CO)[C@@H](O[C@@H]5O[C@@H](C)[C@H](O)[C@@H](O)[C@H]5O)[C@H](O)[C@H]4O)[C@@H](O)[C@H](C)[C@H]3O)CC[C@]3(C)[C@H](CC[C@@H]4[C@@]5(C)CC[C@H](O[C@@H]6OC[C@H](O)[C@H](O)[C@H]6O[C@@H]6O[C@@H](C)[C@H](O)[C@@H](O)[C@H]6O)[C@@](C)(CO)[C@@H]5CC[C@]43C)[C@H]12. The lowest BCUT2D eigenvalue weighted by Gasteiger charge is -2.73. The van der Waals surface area contributed by atoms with Gasteiger partial charge in [-0.2, -0.15) is 0 Å². The Kier molecular flexibility index (Phi) is 19.3. The summed E-state index contributed by atoms with van der Waals surface area (Å²) in [4.78, 5) is 15.3. The largest absolute Gasteiger partial charge is 0.432 e. The molecular weight excluding hydrogens is 1120 g/mol. The van der Waals surface area contributed by atoms with Crippen LogP contribution in [0.4, 0.5) is 0 Å². The van der Waals surface area contributed by atoms with Crippen molar-refractivity contribution in [2.45, 2.75) is 267 Å². The second kappa shape index (κ2) is 24.7. The molecule has 5 aliphatic heterocycles. The van der Waals surface area contributed by atoms with Gasteiger partial charge in [0.2, 0.25) is 6.29 Å². The summed E-state index contributed by atoms with van der Waals surface area (Å²) in [5.74, 6) is -1.34. The van der Waals surface area contributed by atoms with Crippen LogP contribution in [0.2, 0.25) is 0 Å². The lowest BCUT2D eigenvalue weighted by molar-refractivity contribution is -0.366. The highest BCUT2D eigenvalue weighted by Crippen LogP contribution is 2.78. The number of allylic oxidation sites excluding steroid dienone is 1. The van der Waals surface area contributed by atoms with Crippen molar-refractivity contribution < 1.29 is 124 Å². The van der Waals surface area contributed by atoms with Gasteiger partial charge in [-0.3, -0.25) is 4.79 Å². The Morgan fingerprint density at radius 1 is 0.553 bits per heavy atom. The zero-order valence-electron chi connectivity index (χ0n) is 50.2. The third-order valence-electron chi connectivity index (χ3n) is 24.0. The molecule has 25 nitrogen and oxygen atoms in total. The lowest BCUT2D eigenvalue weighted by Crippen LogP contribution is -2.68. The molecule has 0 radical (unpaired) electrons. The Balaban J connectivity index is 0.820. The summed E-state index contributed by atoms with van der Waals surface area (Å²) < 4.78 is 60.1. The van der Waals surface area contributed by atoms with E-state index in [4.69, 9.17) is 47.4 Å². The summed E-state index contributed by atoms with van der Waals surface area (Å²) in [5, 5.41) is 152. The number of ether oxygens (including phenoxy) is 10. The third-order valence-corrected chi connectivity index (χ3v) is 24.0. The van der Waals surface area contributed by atoms with Crippen molar-refractivity contribution >= 4 is 5.97 Å². The van der Waals surface area contributed by atoms with Crippen LogP contribution < -0.4 is 0 Å². The Morgan fingerprint density at radius 2 is 1.16 bits per heavy atom. The first kappa shape index (κ1) is 66.2. The van der Waals surface area contributed by atoms with E-state index in [1.165, 1.54) is 13.8 Å². The number of carbonyl (C=O) groups excluding carboxylic acids is 1. The zero-order valence-corrected chi connectivity index (χ0v) is 50.2. The number of esters is 1. The number of hydrogen-bond donors (Lipinski definition) is 14. The molecule has 5 heterocycles. The van der Waals surface area contributed by atoms with Gasteiger partial charge in [0.1, 0.15) is 91.6 Å². The number of rotatable bonds is 14. The van der Waals surface area contributed by atoms with Crippen molar-refractivity contribution in [2.75, 3.05) is 26.4 Å². The molecule has 5 saturated carbocycles. The lowest BCUT2D eigenvalue weighted by atomic mass is 9.32. The quantitative estimate of drug-likeness (QED) is 0.0539. The number of aliphatic hydroxyl groups excluding tert-OH is 14. The van der Waals surface area contributed by atoms with Crippen molar-refractivity contribution in [2.24, 2.45) is 62.6 Å². The van der Waals surface area contributed by atoms with Crippen LogP contribution in [0.15, 0.2) is 12.2 Å². The first-order valence-electron chi connectivity index (χ1n) is 31.0. The highest BCUT2D eigenvalue weighted by atomic mass is 16.8. The molecule has 0 aromatic rings. The predicted molar refractivity (Wildman–Crippen MR) is 291 cm³/mol. The molecule has 0 aromatic carbocycles. The van der Waals surface area contributed by atoms with Crippen LogP contribution in [-0.2, 0) is 52.2 Å². The third kappa shape index (κ3) is 10.9. The summed E-state index contributed by atoms with van der Waals surface area (Å²) in [6, 6.07) is 0. The normalized spacial score (nSPS) is 56.3. The van der Waals surface area contributed by atoms with E-state index in [1.807, 2.05) is 13.8 Å². The van der Waals surface area contributed by atoms with Crippen LogP contribution in [0.25, 0.3) is 0 Å². The van der Waals surface area contributed by atoms with E-state index in [9.17, 15) is 71.5 Å². The highest BCUT2D eigenvalue weighted by molar-refractivity contribution is 5.78. The molecule has 35 atom stereocenters. The first-order valence-corrected chi connectivity index (χ1v) is 31.0. The fraction of sp³-hybridized carbons (Fsp3) is 0.950. The van der Waals surface area contributed by atoms with E-state index < -0.39 is 183 Å². The maximum absolute atomic E-state index is 15.3. The van der Waals surface area contributed by atoms with Crippen molar-refractivity contribution in [1.82, 2.24) is 0 Å². The second-order valence-electron chi connectivity index (χ2n) is 28.3. The summed E-state index contributed by atoms with van der Waals surface area (Å²) >= 11 is 0. The van der Waals surface area contributed by atoms with Crippen LogP contribution in [0.1, 0.15) is 120 Å². The standard InChI is InChI=1S/C60H98O25/c1-24(2)28-12-17-60(55(75)85-51-38(65)25(3)37(64)32(81-51)22-77-50-47(74)44(71)48(31(20-61)80-50)83-52-45(72)42(69)39(66)26(4)78-52)19-18-58(8)29(36(28)60)10-11-34-56(6)15-14-35(57(7,23-62)33(56)13-16-59(34,58)9)82-54-49(41(68)30(63)21-76-54)84-53-46(73)43(70)40(67)27(5)79-53/h25-54,61-74H,1,10-23H2,2-9H3/t25-,26-,27-,28-,29+,30-,31+,32+,33+,34+,35-,36-,37-,38+,39-,40-,41-,42+,43+,44+,45+,46+,47+,48+,49+,50+,51-,52-,53-,54-,56-,57-,58+,59+,60-/m0/s1. The van der Waals surface area contributed by atoms with Gasteiger partial charge in [-0.25, -0.2) is 0 Å². The molecule has 5 saturated heterocycles. The summed E-state index contributed by atoms with van der Waals surface area (Å²) in [7, 11) is 0. The minimum Gasteiger partial charge on any atom is -0.432 e. The van der Waals surface area contributed by atoms with Gasteiger partial charge in [0, 0.05) is 11.3 Å².